The molecule has 0 saturated carbocycles. The van der Waals surface area contributed by atoms with E-state index in [-0.39, 0.29) is 5.91 Å². The first-order valence-corrected chi connectivity index (χ1v) is 6.18. The van der Waals surface area contributed by atoms with Gasteiger partial charge in [-0.2, -0.15) is 0 Å². The maximum Gasteiger partial charge on any atom is 0.248 e. The molecule has 0 aliphatic rings. The first kappa shape index (κ1) is 13.6. The number of hydrogen-bond acceptors (Lipinski definition) is 3. The van der Waals surface area contributed by atoms with Crippen LogP contribution in [0.15, 0.2) is 24.3 Å². The number of benzene rings is 1. The summed E-state index contributed by atoms with van der Waals surface area (Å²) in [5.41, 5.74) is 5.47. The van der Waals surface area contributed by atoms with Crippen LogP contribution in [0.5, 0.6) is 0 Å². The monoisotopic (exact) mass is 262 g/mol. The average molecular weight is 262 g/mol. The number of carbonyl (C=O) groups excluding carboxylic acids is 1. The number of para-hydroxylation sites is 1. The summed E-state index contributed by atoms with van der Waals surface area (Å²) in [5, 5.41) is 1.08. The van der Waals surface area contributed by atoms with E-state index < -0.39 is 0 Å². The van der Waals surface area contributed by atoms with Crippen LogP contribution in [0.1, 0.15) is 11.3 Å². The molecule has 1 amide bonds. The van der Waals surface area contributed by atoms with Crippen molar-refractivity contribution >= 4 is 16.8 Å². The van der Waals surface area contributed by atoms with E-state index in [2.05, 4.69) is 10.5 Å². The maximum absolute atomic E-state index is 11.8. The molecule has 2 aromatic rings. The lowest BCUT2D eigenvalue weighted by molar-refractivity contribution is -0.133. The quantitative estimate of drug-likeness (QED) is 0.615. The van der Waals surface area contributed by atoms with Crippen molar-refractivity contribution in [3.8, 4) is 0 Å². The highest BCUT2D eigenvalue weighted by Crippen LogP contribution is 2.22. The molecule has 1 heterocycles. The van der Waals surface area contributed by atoms with E-state index in [4.69, 9.17) is 9.57 Å². The molecule has 2 N–H and O–H groups in total. The van der Waals surface area contributed by atoms with Crippen molar-refractivity contribution in [2.24, 2.45) is 0 Å². The van der Waals surface area contributed by atoms with Crippen LogP contribution in [-0.4, -0.2) is 31.2 Å². The topological polar surface area (TPSA) is 63.4 Å². The standard InChI is InChI=1S/C14H18N2O3/c1-10-12(9-14(17)16-19-8-7-18-2)11-5-3-4-6-13(11)15-10/h3-6,15H,7-9H2,1-2H3,(H,16,17). The zero-order valence-electron chi connectivity index (χ0n) is 11.2. The summed E-state index contributed by atoms with van der Waals surface area (Å²) in [6, 6.07) is 7.94. The van der Waals surface area contributed by atoms with E-state index in [1.807, 2.05) is 31.2 Å². The molecule has 2 rings (SSSR count). The van der Waals surface area contributed by atoms with Gasteiger partial charge < -0.3 is 9.72 Å². The van der Waals surface area contributed by atoms with Crippen molar-refractivity contribution in [1.29, 1.82) is 0 Å². The van der Waals surface area contributed by atoms with Crippen molar-refractivity contribution in [3.05, 3.63) is 35.5 Å². The molecular weight excluding hydrogens is 244 g/mol. The lowest BCUT2D eigenvalue weighted by atomic mass is 10.1. The zero-order chi connectivity index (χ0) is 13.7. The highest BCUT2D eigenvalue weighted by atomic mass is 16.7. The van der Waals surface area contributed by atoms with Crippen LogP contribution < -0.4 is 5.48 Å². The molecule has 0 aliphatic heterocycles. The Morgan fingerprint density at radius 2 is 2.11 bits per heavy atom. The lowest BCUT2D eigenvalue weighted by Gasteiger charge is -2.05. The largest absolute Gasteiger partial charge is 0.382 e. The van der Waals surface area contributed by atoms with Crippen LogP contribution >= 0.6 is 0 Å². The van der Waals surface area contributed by atoms with Crippen LogP contribution in [-0.2, 0) is 20.8 Å². The molecule has 0 atom stereocenters. The molecule has 0 saturated heterocycles. The van der Waals surface area contributed by atoms with Gasteiger partial charge in [0.2, 0.25) is 5.91 Å². The van der Waals surface area contributed by atoms with Crippen molar-refractivity contribution < 1.29 is 14.4 Å². The van der Waals surface area contributed by atoms with E-state index >= 15 is 0 Å². The number of aromatic nitrogens is 1. The SMILES string of the molecule is COCCONC(=O)Cc1c(C)[nH]c2ccccc12. The second-order valence-electron chi connectivity index (χ2n) is 4.32. The van der Waals surface area contributed by atoms with Gasteiger partial charge in [-0.1, -0.05) is 18.2 Å². The summed E-state index contributed by atoms with van der Waals surface area (Å²) in [4.78, 5) is 20.0. The van der Waals surface area contributed by atoms with Crippen LogP contribution in [0.25, 0.3) is 10.9 Å². The van der Waals surface area contributed by atoms with Gasteiger partial charge in [-0.15, -0.1) is 0 Å². The Morgan fingerprint density at radius 3 is 2.89 bits per heavy atom. The Kier molecular flexibility index (Phi) is 4.54. The van der Waals surface area contributed by atoms with Gasteiger partial charge in [-0.3, -0.25) is 9.63 Å². The van der Waals surface area contributed by atoms with E-state index in [0.29, 0.717) is 19.6 Å². The summed E-state index contributed by atoms with van der Waals surface area (Å²) in [7, 11) is 1.58. The highest BCUT2D eigenvalue weighted by molar-refractivity contribution is 5.89. The fraction of sp³-hybridized carbons (Fsp3) is 0.357. The molecular formula is C14H18N2O3. The van der Waals surface area contributed by atoms with Crippen LogP contribution in [0.4, 0.5) is 0 Å². The second-order valence-corrected chi connectivity index (χ2v) is 4.32. The van der Waals surface area contributed by atoms with Gasteiger partial charge in [0.1, 0.15) is 0 Å². The molecule has 19 heavy (non-hydrogen) atoms. The summed E-state index contributed by atoms with van der Waals surface area (Å²) in [5.74, 6) is -0.163. The number of fused-ring (bicyclic) bond motifs is 1. The van der Waals surface area contributed by atoms with Gasteiger partial charge in [0.05, 0.1) is 19.6 Å². The Hall–Kier alpha value is -1.85. The number of hydrogen-bond donors (Lipinski definition) is 2. The van der Waals surface area contributed by atoms with Gasteiger partial charge in [0.25, 0.3) is 0 Å². The number of methoxy groups -OCH3 is 1. The van der Waals surface area contributed by atoms with Gasteiger partial charge in [-0.05, 0) is 18.6 Å². The summed E-state index contributed by atoms with van der Waals surface area (Å²) < 4.78 is 4.82. The number of nitrogens with one attached hydrogen (secondary N) is 2. The number of H-pyrrole nitrogens is 1. The minimum Gasteiger partial charge on any atom is -0.382 e. The predicted octanol–water partition coefficient (Wildman–Crippen LogP) is 1.71. The van der Waals surface area contributed by atoms with Gasteiger partial charge in [0, 0.05) is 23.7 Å². The first-order valence-electron chi connectivity index (χ1n) is 6.18. The van der Waals surface area contributed by atoms with Crippen LogP contribution in [0.3, 0.4) is 0 Å². The van der Waals surface area contributed by atoms with Gasteiger partial charge in [-0.25, -0.2) is 5.48 Å². The molecule has 0 spiro atoms. The average Bonchev–Trinajstić information content (AvgIpc) is 2.72. The van der Waals surface area contributed by atoms with E-state index in [9.17, 15) is 4.79 Å². The molecule has 1 aromatic heterocycles. The highest BCUT2D eigenvalue weighted by Gasteiger charge is 2.11. The van der Waals surface area contributed by atoms with E-state index in [0.717, 1.165) is 22.2 Å². The Balaban J connectivity index is 2.00. The van der Waals surface area contributed by atoms with Crippen LogP contribution in [0, 0.1) is 6.92 Å². The second kappa shape index (κ2) is 6.36. The molecule has 5 heteroatoms. The first-order chi connectivity index (χ1) is 9.22. The van der Waals surface area contributed by atoms with Crippen molar-refractivity contribution in [2.75, 3.05) is 20.3 Å². The molecule has 0 bridgehead atoms. The third-order valence-corrected chi connectivity index (χ3v) is 2.94. The third-order valence-electron chi connectivity index (χ3n) is 2.94. The zero-order valence-corrected chi connectivity index (χ0v) is 11.2. The molecule has 0 aliphatic carbocycles. The number of ether oxygens (including phenoxy) is 1. The fourth-order valence-corrected chi connectivity index (χ4v) is 2.02. The fourth-order valence-electron chi connectivity index (χ4n) is 2.02. The molecule has 0 radical (unpaired) electrons. The molecule has 102 valence electrons. The maximum atomic E-state index is 11.8. The Labute approximate surface area is 111 Å². The predicted molar refractivity (Wildman–Crippen MR) is 72.7 cm³/mol. The van der Waals surface area contributed by atoms with E-state index in [1.54, 1.807) is 7.11 Å². The number of aryl methyl sites for hydroxylation is 1. The molecule has 1 aromatic carbocycles. The molecule has 5 nitrogen and oxygen atoms in total. The van der Waals surface area contributed by atoms with Gasteiger partial charge in [0.15, 0.2) is 0 Å². The molecule has 0 fully saturated rings. The Bertz CT molecular complexity index is 563. The number of hydroxylamine groups is 1. The van der Waals surface area contributed by atoms with Crippen molar-refractivity contribution in [3.63, 3.8) is 0 Å². The number of aromatic amines is 1. The summed E-state index contributed by atoms with van der Waals surface area (Å²) in [6.45, 7) is 2.76. The van der Waals surface area contributed by atoms with Crippen molar-refractivity contribution in [2.45, 2.75) is 13.3 Å². The van der Waals surface area contributed by atoms with Gasteiger partial charge >= 0.3 is 0 Å². The summed E-state index contributed by atoms with van der Waals surface area (Å²) in [6.07, 6.45) is 0.294. The Morgan fingerprint density at radius 1 is 1.32 bits per heavy atom. The molecule has 0 unspecified atom stereocenters. The number of rotatable bonds is 6. The van der Waals surface area contributed by atoms with Crippen LogP contribution in [0.2, 0.25) is 0 Å². The minimum absolute atomic E-state index is 0.163. The number of amides is 1. The normalized spacial score (nSPS) is 10.8. The third kappa shape index (κ3) is 3.33. The minimum atomic E-state index is -0.163. The summed E-state index contributed by atoms with van der Waals surface area (Å²) >= 11 is 0. The smallest absolute Gasteiger partial charge is 0.248 e. The van der Waals surface area contributed by atoms with Crippen molar-refractivity contribution in [1.82, 2.24) is 10.5 Å². The van der Waals surface area contributed by atoms with E-state index in [1.165, 1.54) is 0 Å². The number of carbonyl (C=O) groups is 1. The lowest BCUT2D eigenvalue weighted by Crippen LogP contribution is -2.27.